The molecule has 0 unspecified atom stereocenters. The van der Waals surface area contributed by atoms with Crippen LogP contribution in [-0.2, 0) is 0 Å². The first-order valence-electron chi connectivity index (χ1n) is 12.3. The van der Waals surface area contributed by atoms with Crippen LogP contribution in [0.5, 0.6) is 11.5 Å². The smallest absolute Gasteiger partial charge is 0.231 e. The number of ether oxygens (including phenoxy) is 2. The Hall–Kier alpha value is -4.04. The molecule has 1 fully saturated rings. The van der Waals surface area contributed by atoms with E-state index in [9.17, 15) is 0 Å². The number of nitrogens with one attached hydrogen (secondary N) is 1. The zero-order valence-electron chi connectivity index (χ0n) is 21.3. The number of pyridine rings is 1. The van der Waals surface area contributed by atoms with E-state index in [1.54, 1.807) is 0 Å². The summed E-state index contributed by atoms with van der Waals surface area (Å²) in [6.07, 6.45) is 1.83. The van der Waals surface area contributed by atoms with Crippen molar-refractivity contribution in [2.24, 2.45) is 0 Å². The molecule has 0 bridgehead atoms. The van der Waals surface area contributed by atoms with Gasteiger partial charge >= 0.3 is 0 Å². The second kappa shape index (κ2) is 9.12. The second-order valence-electron chi connectivity index (χ2n) is 9.61. The lowest BCUT2D eigenvalue weighted by molar-refractivity contribution is 0.174. The molecule has 4 heterocycles. The van der Waals surface area contributed by atoms with E-state index < -0.39 is 0 Å². The molecule has 1 saturated heterocycles. The van der Waals surface area contributed by atoms with Crippen molar-refractivity contribution in [2.45, 2.75) is 25.9 Å². The lowest BCUT2D eigenvalue weighted by atomic mass is 9.96. The number of nitrogens with zero attached hydrogens (tertiary/aromatic N) is 4. The first-order valence-corrected chi connectivity index (χ1v) is 12.7. The molecule has 188 valence electrons. The van der Waals surface area contributed by atoms with Crippen LogP contribution in [-0.4, -0.2) is 35.6 Å². The number of hydrogen-bond acceptors (Lipinski definition) is 5. The van der Waals surface area contributed by atoms with Crippen molar-refractivity contribution in [3.8, 4) is 17.2 Å². The minimum Gasteiger partial charge on any atom is -0.454 e. The second-order valence-corrected chi connectivity index (χ2v) is 9.99. The van der Waals surface area contributed by atoms with E-state index in [0.29, 0.717) is 5.11 Å². The molecular weight excluding hydrogens is 482 g/mol. The maximum Gasteiger partial charge on any atom is 0.231 e. The molecule has 0 amide bonds. The van der Waals surface area contributed by atoms with Crippen molar-refractivity contribution in [1.29, 1.82) is 0 Å². The summed E-state index contributed by atoms with van der Waals surface area (Å²) >= 11 is 5.93. The van der Waals surface area contributed by atoms with Crippen LogP contribution in [0.2, 0.25) is 0 Å². The molecule has 0 radical (unpaired) electrons. The lowest BCUT2D eigenvalue weighted by Gasteiger charge is -2.28. The molecule has 7 nitrogen and oxygen atoms in total. The van der Waals surface area contributed by atoms with Crippen molar-refractivity contribution < 1.29 is 9.47 Å². The van der Waals surface area contributed by atoms with E-state index in [1.807, 2.05) is 44.6 Å². The van der Waals surface area contributed by atoms with Gasteiger partial charge in [0.1, 0.15) is 0 Å². The summed E-state index contributed by atoms with van der Waals surface area (Å²) in [6, 6.07) is 22.7. The van der Waals surface area contributed by atoms with Crippen LogP contribution in [0.4, 0.5) is 11.4 Å². The molecule has 2 aromatic carbocycles. The van der Waals surface area contributed by atoms with Gasteiger partial charge in [0.05, 0.1) is 17.8 Å². The summed E-state index contributed by atoms with van der Waals surface area (Å²) < 4.78 is 13.4. The van der Waals surface area contributed by atoms with Crippen LogP contribution >= 0.6 is 12.2 Å². The highest BCUT2D eigenvalue weighted by molar-refractivity contribution is 7.80. The van der Waals surface area contributed by atoms with Gasteiger partial charge in [-0.2, -0.15) is 0 Å². The first-order chi connectivity index (χ1) is 17.9. The Balaban J connectivity index is 1.48. The van der Waals surface area contributed by atoms with E-state index in [-0.39, 0.29) is 18.9 Å². The Morgan fingerprint density at radius 2 is 1.70 bits per heavy atom. The standard InChI is InChI=1S/C29H29N5O2S/c1-18-15-23(19(2)33(18)22-12-13-25-26(16-22)36-17-35-25)28-27(24-7-5-6-14-30-24)31-29(37)34(28)21-10-8-20(9-11-21)32(3)4/h5-16,27-28H,17H2,1-4H3,(H,31,37)/t27-,28+/m0/s1. The monoisotopic (exact) mass is 511 g/mol. The molecule has 0 saturated carbocycles. The third kappa shape index (κ3) is 3.97. The van der Waals surface area contributed by atoms with Gasteiger partial charge < -0.3 is 29.2 Å². The summed E-state index contributed by atoms with van der Waals surface area (Å²) in [7, 11) is 4.09. The van der Waals surface area contributed by atoms with Gasteiger partial charge in [0.2, 0.25) is 6.79 Å². The zero-order valence-corrected chi connectivity index (χ0v) is 22.1. The van der Waals surface area contributed by atoms with Crippen LogP contribution < -0.4 is 24.6 Å². The van der Waals surface area contributed by atoms with Gasteiger partial charge in [0.15, 0.2) is 16.6 Å². The molecule has 0 spiro atoms. The van der Waals surface area contributed by atoms with E-state index in [2.05, 4.69) is 76.0 Å². The minimum absolute atomic E-state index is 0.0819. The molecular formula is C29H29N5O2S. The van der Waals surface area contributed by atoms with Gasteiger partial charge in [-0.25, -0.2) is 0 Å². The summed E-state index contributed by atoms with van der Waals surface area (Å²) in [4.78, 5) is 9.02. The van der Waals surface area contributed by atoms with Crippen molar-refractivity contribution >= 4 is 28.7 Å². The molecule has 0 aliphatic carbocycles. The minimum atomic E-state index is -0.104. The third-order valence-corrected chi connectivity index (χ3v) is 7.46. The lowest BCUT2D eigenvalue weighted by Crippen LogP contribution is -2.29. The third-order valence-electron chi connectivity index (χ3n) is 7.15. The number of benzene rings is 2. The number of fused-ring (bicyclic) bond motifs is 1. The Morgan fingerprint density at radius 1 is 0.946 bits per heavy atom. The number of anilines is 2. The number of aryl methyl sites for hydroxylation is 1. The zero-order chi connectivity index (χ0) is 25.7. The van der Waals surface area contributed by atoms with Gasteiger partial charge in [-0.1, -0.05) is 6.07 Å². The predicted molar refractivity (Wildman–Crippen MR) is 150 cm³/mol. The van der Waals surface area contributed by atoms with Crippen molar-refractivity contribution in [3.63, 3.8) is 0 Å². The largest absolute Gasteiger partial charge is 0.454 e. The summed E-state index contributed by atoms with van der Waals surface area (Å²) in [5, 5.41) is 4.26. The van der Waals surface area contributed by atoms with Gasteiger partial charge in [0.25, 0.3) is 0 Å². The fraction of sp³-hybridized carbons (Fsp3) is 0.241. The van der Waals surface area contributed by atoms with E-state index in [0.717, 1.165) is 45.6 Å². The Labute approximate surface area is 222 Å². The van der Waals surface area contributed by atoms with Crippen LogP contribution in [0.15, 0.2) is 72.9 Å². The fourth-order valence-electron chi connectivity index (χ4n) is 5.37. The topological polar surface area (TPSA) is 54.8 Å². The SMILES string of the molecule is Cc1cc([C@@H]2[C@H](c3ccccn3)NC(=S)N2c2ccc(N(C)C)cc2)c(C)n1-c1ccc2c(c1)OCO2. The van der Waals surface area contributed by atoms with Crippen molar-refractivity contribution in [2.75, 3.05) is 30.7 Å². The molecule has 8 heteroatoms. The molecule has 2 aliphatic rings. The number of aromatic nitrogens is 2. The summed E-state index contributed by atoms with van der Waals surface area (Å²) in [6.45, 7) is 4.55. The van der Waals surface area contributed by atoms with E-state index >= 15 is 0 Å². The highest BCUT2D eigenvalue weighted by Gasteiger charge is 2.42. The number of hydrogen-bond donors (Lipinski definition) is 1. The molecule has 37 heavy (non-hydrogen) atoms. The average Bonchev–Trinajstić information content (AvgIpc) is 3.59. The summed E-state index contributed by atoms with van der Waals surface area (Å²) in [5.41, 5.74) is 7.64. The van der Waals surface area contributed by atoms with Gasteiger partial charge in [-0.15, -0.1) is 0 Å². The van der Waals surface area contributed by atoms with Crippen molar-refractivity contribution in [1.82, 2.24) is 14.9 Å². The quantitative estimate of drug-likeness (QED) is 0.357. The van der Waals surface area contributed by atoms with Crippen LogP contribution in [0.1, 0.15) is 34.7 Å². The Morgan fingerprint density at radius 3 is 2.43 bits per heavy atom. The molecule has 1 N–H and O–H groups in total. The highest BCUT2D eigenvalue weighted by atomic mass is 32.1. The Kier molecular flexibility index (Phi) is 5.76. The maximum absolute atomic E-state index is 5.93. The molecule has 6 rings (SSSR count). The predicted octanol–water partition coefficient (Wildman–Crippen LogP) is 5.46. The van der Waals surface area contributed by atoms with E-state index in [1.165, 1.54) is 5.56 Å². The molecule has 2 aliphatic heterocycles. The van der Waals surface area contributed by atoms with Gasteiger partial charge in [-0.05, 0) is 86.2 Å². The fourth-order valence-corrected chi connectivity index (χ4v) is 5.71. The van der Waals surface area contributed by atoms with Crippen LogP contribution in [0.25, 0.3) is 5.69 Å². The molecule has 4 aromatic rings. The number of thiocarbonyl (C=S) groups is 1. The molecule has 2 aromatic heterocycles. The number of rotatable bonds is 5. The van der Waals surface area contributed by atoms with Gasteiger partial charge in [0, 0.05) is 54.8 Å². The van der Waals surface area contributed by atoms with Crippen LogP contribution in [0, 0.1) is 13.8 Å². The van der Waals surface area contributed by atoms with E-state index in [4.69, 9.17) is 26.7 Å². The van der Waals surface area contributed by atoms with Crippen LogP contribution in [0.3, 0.4) is 0 Å². The average molecular weight is 512 g/mol. The molecule has 2 atom stereocenters. The Bertz CT molecular complexity index is 1470. The first kappa shape index (κ1) is 23.4. The van der Waals surface area contributed by atoms with Crippen molar-refractivity contribution in [3.05, 3.63) is 95.6 Å². The maximum atomic E-state index is 5.93. The summed E-state index contributed by atoms with van der Waals surface area (Å²) in [5.74, 6) is 1.54. The highest BCUT2D eigenvalue weighted by Crippen LogP contribution is 2.44. The van der Waals surface area contributed by atoms with Gasteiger partial charge in [-0.3, -0.25) is 4.98 Å². The normalized spacial score (nSPS) is 18.3.